The first-order chi connectivity index (χ1) is 13.1. The molecule has 0 fully saturated rings. The van der Waals surface area contributed by atoms with E-state index in [1.165, 1.54) is 9.08 Å². The van der Waals surface area contributed by atoms with Crippen LogP contribution in [0.5, 0.6) is 0 Å². The van der Waals surface area contributed by atoms with Gasteiger partial charge in [-0.2, -0.15) is 4.52 Å². The van der Waals surface area contributed by atoms with Crippen LogP contribution in [0.25, 0.3) is 16.6 Å². The van der Waals surface area contributed by atoms with Crippen LogP contribution in [-0.2, 0) is 13.0 Å². The highest BCUT2D eigenvalue weighted by Crippen LogP contribution is 2.18. The van der Waals surface area contributed by atoms with Gasteiger partial charge in [-0.25, -0.2) is 9.78 Å². The Morgan fingerprint density at radius 3 is 2.59 bits per heavy atom. The predicted octanol–water partition coefficient (Wildman–Crippen LogP) is 3.64. The molecule has 0 saturated heterocycles. The van der Waals surface area contributed by atoms with Crippen LogP contribution >= 0.6 is 15.9 Å². The Morgan fingerprint density at radius 1 is 1.11 bits per heavy atom. The number of aromatic nitrogens is 4. The van der Waals surface area contributed by atoms with Crippen LogP contribution in [0.3, 0.4) is 0 Å². The fourth-order valence-electron chi connectivity index (χ4n) is 3.13. The van der Waals surface area contributed by atoms with Gasteiger partial charge in [0, 0.05) is 21.8 Å². The number of nitrogens with zero attached hydrogens (tertiary/aromatic N) is 4. The molecule has 0 spiro atoms. The van der Waals surface area contributed by atoms with Crippen molar-refractivity contribution in [1.29, 1.82) is 0 Å². The van der Waals surface area contributed by atoms with Crippen molar-refractivity contribution in [3.05, 3.63) is 74.9 Å². The third-order valence-corrected chi connectivity index (χ3v) is 4.97. The molecule has 6 nitrogen and oxygen atoms in total. The SMILES string of the molecule is CCCc1nc2c3ccccc3n(CC(=O)c3ccc(Br)cc3)c(=O)n2n1. The summed E-state index contributed by atoms with van der Waals surface area (Å²) >= 11 is 3.36. The second-order valence-electron chi connectivity index (χ2n) is 6.33. The average Bonchev–Trinajstić information content (AvgIpc) is 3.10. The monoisotopic (exact) mass is 424 g/mol. The highest BCUT2D eigenvalue weighted by atomic mass is 79.9. The van der Waals surface area contributed by atoms with Crippen LogP contribution in [-0.4, -0.2) is 24.9 Å². The minimum atomic E-state index is -0.357. The number of carbonyl (C=O) groups excluding carboxylic acids is 1. The first-order valence-electron chi connectivity index (χ1n) is 8.74. The normalized spacial score (nSPS) is 11.3. The zero-order valence-electron chi connectivity index (χ0n) is 14.7. The van der Waals surface area contributed by atoms with Gasteiger partial charge >= 0.3 is 5.69 Å². The fourth-order valence-corrected chi connectivity index (χ4v) is 3.40. The summed E-state index contributed by atoms with van der Waals surface area (Å²) in [5.41, 5.74) is 1.41. The molecule has 4 aromatic rings. The van der Waals surface area contributed by atoms with E-state index >= 15 is 0 Å². The number of carbonyl (C=O) groups is 1. The third-order valence-electron chi connectivity index (χ3n) is 4.44. The molecule has 2 aromatic heterocycles. The summed E-state index contributed by atoms with van der Waals surface area (Å²) in [6.07, 6.45) is 1.60. The van der Waals surface area contributed by atoms with Gasteiger partial charge in [-0.3, -0.25) is 9.36 Å². The molecule has 0 aliphatic heterocycles. The van der Waals surface area contributed by atoms with Gasteiger partial charge in [0.25, 0.3) is 0 Å². The quantitative estimate of drug-likeness (QED) is 0.458. The van der Waals surface area contributed by atoms with Crippen molar-refractivity contribution < 1.29 is 4.79 Å². The summed E-state index contributed by atoms with van der Waals surface area (Å²) in [6.45, 7) is 1.98. The van der Waals surface area contributed by atoms with Crippen molar-refractivity contribution in [2.45, 2.75) is 26.3 Å². The van der Waals surface area contributed by atoms with Crippen molar-refractivity contribution >= 4 is 38.3 Å². The molecule has 4 rings (SSSR count). The lowest BCUT2D eigenvalue weighted by Crippen LogP contribution is -2.30. The number of benzene rings is 2. The Balaban J connectivity index is 1.88. The van der Waals surface area contributed by atoms with Gasteiger partial charge in [-0.1, -0.05) is 47.1 Å². The zero-order chi connectivity index (χ0) is 19.0. The number of Topliss-reactive ketones (excluding diaryl/α,β-unsaturated/α-hetero) is 1. The van der Waals surface area contributed by atoms with E-state index < -0.39 is 0 Å². The number of aryl methyl sites for hydroxylation is 1. The largest absolute Gasteiger partial charge is 0.351 e. The molecule has 2 heterocycles. The number of hydrogen-bond donors (Lipinski definition) is 0. The molecule has 0 aliphatic rings. The summed E-state index contributed by atoms with van der Waals surface area (Å²) in [7, 11) is 0. The van der Waals surface area contributed by atoms with Crippen LogP contribution in [0.15, 0.2) is 57.8 Å². The van der Waals surface area contributed by atoms with Crippen molar-refractivity contribution in [2.24, 2.45) is 0 Å². The lowest BCUT2D eigenvalue weighted by molar-refractivity contribution is 0.0971. The average molecular weight is 425 g/mol. The standard InChI is InChI=1S/C20H17BrN4O2/c1-2-5-18-22-19-15-6-3-4-7-16(15)24(20(27)25(19)23-18)12-17(26)13-8-10-14(21)11-9-13/h3-4,6-11H,2,5,12H2,1H3. The molecule has 0 amide bonds. The number of fused-ring (bicyclic) bond motifs is 3. The molecule has 7 heteroatoms. The molecule has 0 aliphatic carbocycles. The van der Waals surface area contributed by atoms with Crippen molar-refractivity contribution in [1.82, 2.24) is 19.2 Å². The van der Waals surface area contributed by atoms with E-state index in [9.17, 15) is 9.59 Å². The summed E-state index contributed by atoms with van der Waals surface area (Å²) in [5, 5.41) is 5.16. The number of halogens is 1. The van der Waals surface area contributed by atoms with Crippen LogP contribution < -0.4 is 5.69 Å². The molecule has 0 atom stereocenters. The van der Waals surface area contributed by atoms with E-state index in [4.69, 9.17) is 0 Å². The Labute approximate surface area is 163 Å². The van der Waals surface area contributed by atoms with Crippen molar-refractivity contribution in [2.75, 3.05) is 0 Å². The molecule has 0 saturated carbocycles. The van der Waals surface area contributed by atoms with Crippen LogP contribution in [0.1, 0.15) is 29.5 Å². The van der Waals surface area contributed by atoms with Gasteiger partial charge in [-0.05, 0) is 30.7 Å². The Morgan fingerprint density at radius 2 is 1.85 bits per heavy atom. The van der Waals surface area contributed by atoms with Crippen molar-refractivity contribution in [3.8, 4) is 0 Å². The first-order valence-corrected chi connectivity index (χ1v) is 9.53. The van der Waals surface area contributed by atoms with Crippen molar-refractivity contribution in [3.63, 3.8) is 0 Å². The topological polar surface area (TPSA) is 69.3 Å². The molecule has 0 N–H and O–H groups in total. The molecule has 0 unspecified atom stereocenters. The Bertz CT molecular complexity index is 1210. The lowest BCUT2D eigenvalue weighted by atomic mass is 10.1. The van der Waals surface area contributed by atoms with E-state index in [0.29, 0.717) is 29.0 Å². The van der Waals surface area contributed by atoms with E-state index in [1.807, 2.05) is 43.3 Å². The highest BCUT2D eigenvalue weighted by Gasteiger charge is 2.17. The fraction of sp³-hybridized carbons (Fsp3) is 0.200. The molecular formula is C20H17BrN4O2. The van der Waals surface area contributed by atoms with Gasteiger partial charge in [0.15, 0.2) is 17.3 Å². The van der Waals surface area contributed by atoms with Crippen LogP contribution in [0.4, 0.5) is 0 Å². The van der Waals surface area contributed by atoms with E-state index in [1.54, 1.807) is 12.1 Å². The first kappa shape index (κ1) is 17.6. The van der Waals surface area contributed by atoms with Crippen LogP contribution in [0, 0.1) is 0 Å². The minimum Gasteiger partial charge on any atom is -0.292 e. The minimum absolute atomic E-state index is 0.0557. The molecule has 0 radical (unpaired) electrons. The zero-order valence-corrected chi connectivity index (χ0v) is 16.3. The third kappa shape index (κ3) is 3.19. The van der Waals surface area contributed by atoms with Gasteiger partial charge < -0.3 is 0 Å². The second kappa shape index (κ2) is 7.08. The van der Waals surface area contributed by atoms with Gasteiger partial charge in [0.1, 0.15) is 0 Å². The van der Waals surface area contributed by atoms with E-state index in [-0.39, 0.29) is 18.0 Å². The number of para-hydroxylation sites is 1. The summed E-state index contributed by atoms with van der Waals surface area (Å²) in [6, 6.07) is 14.6. The highest BCUT2D eigenvalue weighted by molar-refractivity contribution is 9.10. The van der Waals surface area contributed by atoms with E-state index in [2.05, 4.69) is 26.0 Å². The maximum Gasteiger partial charge on any atom is 0.351 e. The molecule has 136 valence electrons. The van der Waals surface area contributed by atoms with Crippen LogP contribution in [0.2, 0.25) is 0 Å². The molecule has 2 aromatic carbocycles. The second-order valence-corrected chi connectivity index (χ2v) is 7.25. The molecular weight excluding hydrogens is 408 g/mol. The number of hydrogen-bond acceptors (Lipinski definition) is 4. The van der Waals surface area contributed by atoms with E-state index in [0.717, 1.165) is 16.3 Å². The predicted molar refractivity (Wildman–Crippen MR) is 107 cm³/mol. The van der Waals surface area contributed by atoms with Gasteiger partial charge in [0.2, 0.25) is 0 Å². The summed E-state index contributed by atoms with van der Waals surface area (Å²) < 4.78 is 3.67. The molecule has 0 bridgehead atoms. The Hall–Kier alpha value is -2.80. The lowest BCUT2D eigenvalue weighted by Gasteiger charge is -2.10. The van der Waals surface area contributed by atoms with Gasteiger partial charge in [0.05, 0.1) is 12.1 Å². The smallest absolute Gasteiger partial charge is 0.292 e. The summed E-state index contributed by atoms with van der Waals surface area (Å²) in [4.78, 5) is 30.3. The maximum atomic E-state index is 13.0. The Kier molecular flexibility index (Phi) is 4.61. The molecule has 27 heavy (non-hydrogen) atoms. The number of rotatable bonds is 5. The van der Waals surface area contributed by atoms with Gasteiger partial charge in [-0.15, -0.1) is 5.10 Å². The number of ketones is 1. The summed E-state index contributed by atoms with van der Waals surface area (Å²) in [5.74, 6) is 0.500. The maximum absolute atomic E-state index is 13.0.